The van der Waals surface area contributed by atoms with Gasteiger partial charge in [0.05, 0.1) is 6.61 Å². The largest absolute Gasteiger partial charge is 0.366 e. The summed E-state index contributed by atoms with van der Waals surface area (Å²) in [7, 11) is 0. The molecule has 0 aliphatic heterocycles. The summed E-state index contributed by atoms with van der Waals surface area (Å²) < 4.78 is 17.1. The van der Waals surface area contributed by atoms with Crippen molar-refractivity contribution in [2.24, 2.45) is 0 Å². The Morgan fingerprint density at radius 1 is 1.38 bits per heavy atom. The first-order chi connectivity index (χ1) is 6.42. The van der Waals surface area contributed by atoms with Gasteiger partial charge in [-0.05, 0) is 23.3 Å². The van der Waals surface area contributed by atoms with E-state index in [-0.39, 0.29) is 12.7 Å². The number of alkyl halides is 1. The van der Waals surface area contributed by atoms with E-state index in [0.29, 0.717) is 0 Å². The summed E-state index contributed by atoms with van der Waals surface area (Å²) in [5.41, 5.74) is 2.20. The first kappa shape index (κ1) is 8.45. The fourth-order valence-corrected chi connectivity index (χ4v) is 1.44. The second kappa shape index (κ2) is 3.71. The van der Waals surface area contributed by atoms with Crippen molar-refractivity contribution >= 4 is 6.08 Å². The molecule has 0 N–H and O–H groups in total. The molecule has 1 nitrogen and oxygen atoms in total. The molecule has 0 saturated carbocycles. The first-order valence-electron chi connectivity index (χ1n) is 4.27. The number of fused-ring (bicyclic) bond motifs is 1. The maximum Gasteiger partial charge on any atom is 0.113 e. The topological polar surface area (TPSA) is 9.23 Å². The SMILES string of the molecule is FCCOC1[C]=Cc2ccccc21. The van der Waals surface area contributed by atoms with Gasteiger partial charge in [0.2, 0.25) is 0 Å². The van der Waals surface area contributed by atoms with Crippen LogP contribution >= 0.6 is 0 Å². The average Bonchev–Trinajstić information content (AvgIpc) is 2.58. The van der Waals surface area contributed by atoms with Crippen LogP contribution in [0.3, 0.4) is 0 Å². The fraction of sp³-hybridized carbons (Fsp3) is 0.273. The van der Waals surface area contributed by atoms with Gasteiger partial charge in [0.1, 0.15) is 12.8 Å². The number of hydrogen-bond acceptors (Lipinski definition) is 1. The van der Waals surface area contributed by atoms with Crippen LogP contribution in [0, 0.1) is 6.08 Å². The zero-order valence-electron chi connectivity index (χ0n) is 7.16. The van der Waals surface area contributed by atoms with Crippen molar-refractivity contribution in [3.8, 4) is 0 Å². The molecule has 2 rings (SSSR count). The molecule has 1 aromatic carbocycles. The standard InChI is InChI=1S/C11H10FO/c12-7-8-13-11-6-5-9-3-1-2-4-10(9)11/h1-5,11H,7-8H2. The highest BCUT2D eigenvalue weighted by atomic mass is 19.1. The quantitative estimate of drug-likeness (QED) is 0.689. The monoisotopic (exact) mass is 177 g/mol. The van der Waals surface area contributed by atoms with Crippen molar-refractivity contribution < 1.29 is 9.13 Å². The molecule has 13 heavy (non-hydrogen) atoms. The van der Waals surface area contributed by atoms with E-state index in [1.807, 2.05) is 30.3 Å². The van der Waals surface area contributed by atoms with E-state index in [0.717, 1.165) is 11.1 Å². The number of ether oxygens (including phenoxy) is 1. The van der Waals surface area contributed by atoms with E-state index in [2.05, 4.69) is 6.08 Å². The summed E-state index contributed by atoms with van der Waals surface area (Å²) in [5, 5.41) is 0. The van der Waals surface area contributed by atoms with Crippen LogP contribution in [-0.4, -0.2) is 13.3 Å². The van der Waals surface area contributed by atoms with Crippen molar-refractivity contribution in [3.63, 3.8) is 0 Å². The Morgan fingerprint density at radius 2 is 2.23 bits per heavy atom. The Balaban J connectivity index is 2.14. The first-order valence-corrected chi connectivity index (χ1v) is 4.27. The predicted molar refractivity (Wildman–Crippen MR) is 48.8 cm³/mol. The van der Waals surface area contributed by atoms with Crippen LogP contribution in [0.15, 0.2) is 24.3 Å². The van der Waals surface area contributed by atoms with Crippen LogP contribution in [0.2, 0.25) is 0 Å². The van der Waals surface area contributed by atoms with Crippen LogP contribution in [0.25, 0.3) is 6.08 Å². The molecule has 1 radical (unpaired) electrons. The summed E-state index contributed by atoms with van der Waals surface area (Å²) in [6.07, 6.45) is 4.76. The molecule has 0 amide bonds. The van der Waals surface area contributed by atoms with E-state index in [1.54, 1.807) is 0 Å². The maximum absolute atomic E-state index is 11.9. The number of rotatable bonds is 3. The molecule has 1 atom stereocenters. The second-order valence-electron chi connectivity index (χ2n) is 2.88. The third-order valence-electron chi connectivity index (χ3n) is 2.03. The van der Waals surface area contributed by atoms with E-state index >= 15 is 0 Å². The Bertz CT molecular complexity index is 320. The van der Waals surface area contributed by atoms with Gasteiger partial charge in [-0.1, -0.05) is 24.3 Å². The normalized spacial score (nSPS) is 19.0. The number of hydrogen-bond donors (Lipinski definition) is 0. The van der Waals surface area contributed by atoms with Gasteiger partial charge in [0.25, 0.3) is 0 Å². The van der Waals surface area contributed by atoms with Crippen molar-refractivity contribution in [2.45, 2.75) is 6.10 Å². The Kier molecular flexibility index (Phi) is 2.41. The van der Waals surface area contributed by atoms with E-state index in [1.165, 1.54) is 0 Å². The van der Waals surface area contributed by atoms with E-state index < -0.39 is 6.67 Å². The van der Waals surface area contributed by atoms with Gasteiger partial charge in [-0.3, -0.25) is 0 Å². The Labute approximate surface area is 76.8 Å². The molecule has 0 saturated heterocycles. The van der Waals surface area contributed by atoms with Gasteiger partial charge in [-0.15, -0.1) is 0 Å². The lowest BCUT2D eigenvalue weighted by atomic mass is 10.1. The fourth-order valence-electron chi connectivity index (χ4n) is 1.44. The van der Waals surface area contributed by atoms with Crippen LogP contribution in [0.5, 0.6) is 0 Å². The molecule has 1 unspecified atom stereocenters. The lowest BCUT2D eigenvalue weighted by Gasteiger charge is -2.09. The minimum absolute atomic E-state index is 0.139. The predicted octanol–water partition coefficient (Wildman–Crippen LogP) is 2.54. The van der Waals surface area contributed by atoms with Gasteiger partial charge in [0.15, 0.2) is 0 Å². The molecular weight excluding hydrogens is 167 g/mol. The van der Waals surface area contributed by atoms with Crippen LogP contribution in [0.4, 0.5) is 4.39 Å². The highest BCUT2D eigenvalue weighted by Gasteiger charge is 2.16. The molecule has 0 heterocycles. The molecule has 1 aliphatic carbocycles. The van der Waals surface area contributed by atoms with Crippen LogP contribution in [0.1, 0.15) is 17.2 Å². The van der Waals surface area contributed by atoms with Crippen LogP contribution < -0.4 is 0 Å². The van der Waals surface area contributed by atoms with Gasteiger partial charge >= 0.3 is 0 Å². The minimum atomic E-state index is -0.444. The van der Waals surface area contributed by atoms with Crippen molar-refractivity contribution in [1.82, 2.24) is 0 Å². The molecule has 1 aliphatic rings. The molecule has 1 aromatic rings. The van der Waals surface area contributed by atoms with E-state index in [9.17, 15) is 4.39 Å². The smallest absolute Gasteiger partial charge is 0.113 e. The molecule has 67 valence electrons. The molecule has 0 bridgehead atoms. The van der Waals surface area contributed by atoms with Gasteiger partial charge < -0.3 is 4.74 Å². The third kappa shape index (κ3) is 1.63. The van der Waals surface area contributed by atoms with Crippen LogP contribution in [-0.2, 0) is 4.74 Å². The Morgan fingerprint density at radius 3 is 3.08 bits per heavy atom. The van der Waals surface area contributed by atoms with Crippen molar-refractivity contribution in [1.29, 1.82) is 0 Å². The highest BCUT2D eigenvalue weighted by molar-refractivity contribution is 5.58. The van der Waals surface area contributed by atoms with Crippen molar-refractivity contribution in [3.05, 3.63) is 41.5 Å². The highest BCUT2D eigenvalue weighted by Crippen LogP contribution is 2.29. The zero-order chi connectivity index (χ0) is 9.10. The summed E-state index contributed by atoms with van der Waals surface area (Å²) in [6, 6.07) is 7.90. The molecule has 0 fully saturated rings. The third-order valence-corrected chi connectivity index (χ3v) is 2.03. The number of halogens is 1. The molecule has 0 aromatic heterocycles. The number of benzene rings is 1. The lowest BCUT2D eigenvalue weighted by Crippen LogP contribution is -2.02. The van der Waals surface area contributed by atoms with Gasteiger partial charge in [-0.2, -0.15) is 0 Å². The zero-order valence-corrected chi connectivity index (χ0v) is 7.16. The summed E-state index contributed by atoms with van der Waals surface area (Å²) in [5.74, 6) is 0. The average molecular weight is 177 g/mol. The van der Waals surface area contributed by atoms with Gasteiger partial charge in [0, 0.05) is 0 Å². The summed E-state index contributed by atoms with van der Waals surface area (Å²) in [6.45, 7) is -0.305. The second-order valence-corrected chi connectivity index (χ2v) is 2.88. The maximum atomic E-state index is 11.9. The van der Waals surface area contributed by atoms with Crippen molar-refractivity contribution in [2.75, 3.05) is 13.3 Å². The van der Waals surface area contributed by atoms with Gasteiger partial charge in [-0.25, -0.2) is 4.39 Å². The molecule has 0 spiro atoms. The molecular formula is C11H10FO. The summed E-state index contributed by atoms with van der Waals surface area (Å²) >= 11 is 0. The molecule has 2 heteroatoms. The van der Waals surface area contributed by atoms with E-state index in [4.69, 9.17) is 4.74 Å². The summed E-state index contributed by atoms with van der Waals surface area (Å²) in [4.78, 5) is 0. The lowest BCUT2D eigenvalue weighted by molar-refractivity contribution is 0.0715. The minimum Gasteiger partial charge on any atom is -0.366 e. The Hall–Kier alpha value is -1.15.